The minimum absolute atomic E-state index is 0.00118. The second kappa shape index (κ2) is 11.7. The molecular weight excluding hydrogens is 498 g/mol. The van der Waals surface area contributed by atoms with Crippen LogP contribution in [0.5, 0.6) is 0 Å². The molecule has 0 aromatic heterocycles. The van der Waals surface area contributed by atoms with Gasteiger partial charge in [0, 0.05) is 31.8 Å². The maximum Gasteiger partial charge on any atom is 0.318 e. The molecule has 1 aliphatic heterocycles. The van der Waals surface area contributed by atoms with E-state index >= 15 is 0 Å². The van der Waals surface area contributed by atoms with Crippen molar-refractivity contribution in [1.82, 2.24) is 20.9 Å². The summed E-state index contributed by atoms with van der Waals surface area (Å²) in [6, 6.07) is 11.9. The van der Waals surface area contributed by atoms with Crippen LogP contribution in [0.1, 0.15) is 62.2 Å². The number of nitrogens with one attached hydrogen (secondary N) is 3. The summed E-state index contributed by atoms with van der Waals surface area (Å²) >= 11 is 0. The molecule has 2 aromatic carbocycles. The van der Waals surface area contributed by atoms with Crippen molar-refractivity contribution >= 4 is 23.7 Å². The van der Waals surface area contributed by atoms with E-state index in [4.69, 9.17) is 0 Å². The van der Waals surface area contributed by atoms with Gasteiger partial charge in [-0.2, -0.15) is 5.26 Å². The van der Waals surface area contributed by atoms with Crippen LogP contribution < -0.4 is 16.0 Å². The number of amides is 3. The van der Waals surface area contributed by atoms with E-state index in [0.29, 0.717) is 48.1 Å². The molecule has 1 heterocycles. The Labute approximate surface area is 227 Å². The van der Waals surface area contributed by atoms with Gasteiger partial charge in [-0.3, -0.25) is 19.2 Å². The second-order valence-corrected chi connectivity index (χ2v) is 9.91. The largest absolute Gasteiger partial charge is 0.480 e. The van der Waals surface area contributed by atoms with Crippen LogP contribution in [-0.2, 0) is 27.8 Å². The van der Waals surface area contributed by atoms with E-state index in [0.717, 1.165) is 17.5 Å². The van der Waals surface area contributed by atoms with E-state index in [2.05, 4.69) is 22.0 Å². The first-order chi connectivity index (χ1) is 18.8. The molecule has 1 unspecified atom stereocenters. The zero-order valence-electron chi connectivity index (χ0n) is 22.2. The number of carboxylic acid groups (broad SMARTS) is 1. The molecule has 4 N–H and O–H groups in total. The highest BCUT2D eigenvalue weighted by Gasteiger charge is 2.46. The number of carbonyl (C=O) groups excluding carboxylic acids is 3. The summed E-state index contributed by atoms with van der Waals surface area (Å²) in [6.45, 7) is 0.759. The van der Waals surface area contributed by atoms with Gasteiger partial charge >= 0.3 is 5.97 Å². The number of carboxylic acids is 1. The number of hydrogen-bond donors (Lipinski definition) is 4. The molecule has 3 amide bonds. The van der Waals surface area contributed by atoms with Crippen LogP contribution in [0.15, 0.2) is 36.4 Å². The summed E-state index contributed by atoms with van der Waals surface area (Å²) in [5.41, 5.74) is 2.09. The number of benzene rings is 2. The van der Waals surface area contributed by atoms with Crippen molar-refractivity contribution in [2.24, 2.45) is 0 Å². The molecule has 0 saturated carbocycles. The quantitative estimate of drug-likeness (QED) is 0.376. The fourth-order valence-electron chi connectivity index (χ4n) is 5.80. The minimum Gasteiger partial charge on any atom is -0.480 e. The Morgan fingerprint density at radius 1 is 1.00 bits per heavy atom. The molecular formula is C29H33N5O5. The molecule has 39 heavy (non-hydrogen) atoms. The third-order valence-corrected chi connectivity index (χ3v) is 7.81. The average Bonchev–Trinajstić information content (AvgIpc) is 3.39. The number of nitriles is 1. The average molecular weight is 532 g/mol. The molecule has 0 bridgehead atoms. The van der Waals surface area contributed by atoms with E-state index in [1.807, 2.05) is 0 Å². The minimum atomic E-state index is -1.47. The van der Waals surface area contributed by atoms with E-state index in [-0.39, 0.29) is 37.2 Å². The number of fused-ring (bicyclic) bond motifs is 2. The topological polar surface area (TPSA) is 152 Å². The Morgan fingerprint density at radius 2 is 1.56 bits per heavy atom. The van der Waals surface area contributed by atoms with Gasteiger partial charge in [-0.25, -0.2) is 0 Å². The molecule has 1 saturated heterocycles. The highest BCUT2D eigenvalue weighted by Crippen LogP contribution is 2.43. The third kappa shape index (κ3) is 5.22. The molecule has 0 radical (unpaired) electrons. The smallest absolute Gasteiger partial charge is 0.318 e. The van der Waals surface area contributed by atoms with Gasteiger partial charge in [-0.1, -0.05) is 12.1 Å². The van der Waals surface area contributed by atoms with Crippen LogP contribution >= 0.6 is 0 Å². The first-order valence-corrected chi connectivity index (χ1v) is 13.1. The zero-order chi connectivity index (χ0) is 28.2. The predicted molar refractivity (Wildman–Crippen MR) is 143 cm³/mol. The van der Waals surface area contributed by atoms with Crippen molar-refractivity contribution in [2.45, 2.75) is 43.6 Å². The van der Waals surface area contributed by atoms with E-state index in [1.165, 1.54) is 0 Å². The Morgan fingerprint density at radius 3 is 2.05 bits per heavy atom. The van der Waals surface area contributed by atoms with Gasteiger partial charge in [-0.05, 0) is 85.2 Å². The lowest BCUT2D eigenvalue weighted by Crippen LogP contribution is -2.44. The van der Waals surface area contributed by atoms with E-state index in [9.17, 15) is 29.5 Å². The number of hydrogen-bond acceptors (Lipinski definition) is 6. The summed E-state index contributed by atoms with van der Waals surface area (Å²) in [6.07, 6.45) is 2.57. The lowest BCUT2D eigenvalue weighted by Gasteiger charge is -2.33. The zero-order valence-corrected chi connectivity index (χ0v) is 22.2. The van der Waals surface area contributed by atoms with Crippen molar-refractivity contribution in [1.29, 1.82) is 5.26 Å². The maximum absolute atomic E-state index is 13.2. The monoisotopic (exact) mass is 531 g/mol. The maximum atomic E-state index is 13.2. The lowest BCUT2D eigenvalue weighted by molar-refractivity contribution is -0.142. The Balaban J connectivity index is 1.70. The first kappa shape index (κ1) is 27.8. The summed E-state index contributed by atoms with van der Waals surface area (Å²) in [4.78, 5) is 52.2. The molecule has 1 fully saturated rings. The molecule has 4 rings (SSSR count). The van der Waals surface area contributed by atoms with Gasteiger partial charge in [0.1, 0.15) is 11.5 Å². The van der Waals surface area contributed by atoms with Gasteiger partial charge in [0.05, 0.1) is 12.6 Å². The molecule has 2 aromatic rings. The second-order valence-electron chi connectivity index (χ2n) is 9.91. The molecule has 10 heteroatoms. The predicted octanol–water partition coefficient (Wildman–Crippen LogP) is 1.37. The number of likely N-dealkylation sites (tertiary alicyclic amines) is 1. The van der Waals surface area contributed by atoms with Gasteiger partial charge < -0.3 is 26.0 Å². The number of aryl methyl sites for hydroxylation is 2. The summed E-state index contributed by atoms with van der Waals surface area (Å²) in [5.74, 6) is -1.76. The van der Waals surface area contributed by atoms with Crippen LogP contribution in [0.2, 0.25) is 0 Å². The highest BCUT2D eigenvalue weighted by atomic mass is 16.4. The number of aliphatic carboxylic acids is 1. The molecule has 0 spiro atoms. The fraction of sp³-hybridized carbons (Fsp3) is 0.414. The first-order valence-electron chi connectivity index (χ1n) is 13.1. The summed E-state index contributed by atoms with van der Waals surface area (Å²) in [7, 11) is 3.08. The standard InChI is InChI=1S/C29H33N5O5/c1-31-26(36)20-7-9-23-18(14-20)5-6-19-15-21(27(37)32-2)8-10-24(19)29(23,28(38)39)11-12-33-17-25(35)34-13-3-4-22(34)16-30/h7-10,14-15,22,33H,3-6,11-13,17H2,1-2H3,(H,31,36)(H,32,37)(H,38,39). The van der Waals surface area contributed by atoms with Crippen LogP contribution in [-0.4, -0.2) is 73.5 Å². The van der Waals surface area contributed by atoms with Gasteiger partial charge in [-0.15, -0.1) is 0 Å². The van der Waals surface area contributed by atoms with Crippen LogP contribution in [0.25, 0.3) is 0 Å². The van der Waals surface area contributed by atoms with Crippen molar-refractivity contribution in [2.75, 3.05) is 33.7 Å². The van der Waals surface area contributed by atoms with Crippen molar-refractivity contribution in [3.05, 3.63) is 69.8 Å². The normalized spacial score (nSPS) is 17.3. The molecule has 1 atom stereocenters. The Kier molecular flexibility index (Phi) is 8.31. The highest BCUT2D eigenvalue weighted by molar-refractivity contribution is 5.96. The summed E-state index contributed by atoms with van der Waals surface area (Å²) in [5, 5.41) is 28.4. The van der Waals surface area contributed by atoms with Crippen LogP contribution in [0, 0.1) is 11.3 Å². The van der Waals surface area contributed by atoms with Crippen LogP contribution in [0.3, 0.4) is 0 Å². The fourth-order valence-corrected chi connectivity index (χ4v) is 5.80. The van der Waals surface area contributed by atoms with E-state index in [1.54, 1.807) is 55.4 Å². The van der Waals surface area contributed by atoms with Crippen LogP contribution in [0.4, 0.5) is 0 Å². The van der Waals surface area contributed by atoms with Crippen molar-refractivity contribution in [3.8, 4) is 6.07 Å². The third-order valence-electron chi connectivity index (χ3n) is 7.81. The Bertz CT molecular complexity index is 1280. The number of carbonyl (C=O) groups is 4. The number of nitrogens with zero attached hydrogens (tertiary/aromatic N) is 2. The Hall–Kier alpha value is -4.23. The SMILES string of the molecule is CNC(=O)c1ccc2c(c1)CCc1cc(C(=O)NC)ccc1C2(CCNCC(=O)N1CCCC1C#N)C(=O)O. The van der Waals surface area contributed by atoms with Gasteiger partial charge in [0.25, 0.3) is 11.8 Å². The molecule has 204 valence electrons. The summed E-state index contributed by atoms with van der Waals surface area (Å²) < 4.78 is 0. The molecule has 1 aliphatic carbocycles. The van der Waals surface area contributed by atoms with Crippen molar-refractivity contribution < 1.29 is 24.3 Å². The van der Waals surface area contributed by atoms with E-state index < -0.39 is 17.4 Å². The van der Waals surface area contributed by atoms with Gasteiger partial charge in [0.2, 0.25) is 5.91 Å². The van der Waals surface area contributed by atoms with Crippen molar-refractivity contribution in [3.63, 3.8) is 0 Å². The number of rotatable bonds is 8. The molecule has 10 nitrogen and oxygen atoms in total. The lowest BCUT2D eigenvalue weighted by atomic mass is 9.69. The molecule has 2 aliphatic rings. The van der Waals surface area contributed by atoms with Gasteiger partial charge in [0.15, 0.2) is 0 Å².